The van der Waals surface area contributed by atoms with Gasteiger partial charge in [0.2, 0.25) is 11.8 Å². The number of fused-ring (bicyclic) bond motifs is 1. The van der Waals surface area contributed by atoms with Gasteiger partial charge in [-0.15, -0.1) is 0 Å². The number of aromatic nitrogens is 2. The molecule has 1 aromatic heterocycles. The number of nitrogens with zero attached hydrogens (tertiary/aromatic N) is 3. The maximum atomic E-state index is 15.9. The lowest BCUT2D eigenvalue weighted by atomic mass is 9.65. The van der Waals surface area contributed by atoms with Gasteiger partial charge >= 0.3 is 0 Å². The smallest absolute Gasteiger partial charge is 0.235 e. The summed E-state index contributed by atoms with van der Waals surface area (Å²) >= 11 is 0. The molecule has 7 nitrogen and oxygen atoms in total. The van der Waals surface area contributed by atoms with Gasteiger partial charge in [0.15, 0.2) is 5.82 Å². The number of hydrogen-bond acceptors (Lipinski definition) is 5. The number of rotatable bonds is 4. The van der Waals surface area contributed by atoms with Crippen LogP contribution in [-0.4, -0.2) is 59.2 Å². The van der Waals surface area contributed by atoms with Crippen molar-refractivity contribution in [1.82, 2.24) is 25.3 Å². The minimum absolute atomic E-state index is 0.205. The molecule has 8 heteroatoms. The Hall–Kier alpha value is -2.32. The maximum absolute atomic E-state index is 15.9. The third-order valence-electron chi connectivity index (χ3n) is 9.95. The van der Waals surface area contributed by atoms with E-state index >= 15 is 4.39 Å². The van der Waals surface area contributed by atoms with Crippen molar-refractivity contribution in [1.29, 1.82) is 0 Å². The second kappa shape index (κ2) is 10.1. The highest BCUT2D eigenvalue weighted by atomic mass is 19.1. The Morgan fingerprint density at radius 3 is 2.46 bits per heavy atom. The average molecular weight is 510 g/mol. The summed E-state index contributed by atoms with van der Waals surface area (Å²) < 4.78 is 17.4. The highest BCUT2D eigenvalue weighted by Gasteiger charge is 2.37. The lowest BCUT2D eigenvalue weighted by Gasteiger charge is -2.44. The Balaban J connectivity index is 1.09. The quantitative estimate of drug-likeness (QED) is 0.610. The Kier molecular flexibility index (Phi) is 6.82. The maximum Gasteiger partial charge on any atom is 0.235 e. The van der Waals surface area contributed by atoms with Crippen molar-refractivity contribution in [2.75, 3.05) is 32.7 Å². The summed E-state index contributed by atoms with van der Waals surface area (Å²) in [4.78, 5) is 26.6. The fourth-order valence-corrected chi connectivity index (χ4v) is 7.62. The predicted molar refractivity (Wildman–Crippen MR) is 141 cm³/mol. The van der Waals surface area contributed by atoms with E-state index in [2.05, 4.69) is 20.6 Å². The van der Waals surface area contributed by atoms with E-state index in [-0.39, 0.29) is 30.0 Å². The van der Waals surface area contributed by atoms with Crippen LogP contribution in [0.2, 0.25) is 0 Å². The van der Waals surface area contributed by atoms with Crippen molar-refractivity contribution in [2.24, 2.45) is 18.4 Å². The molecule has 4 aliphatic rings. The summed E-state index contributed by atoms with van der Waals surface area (Å²) in [6, 6.07) is 3.85. The van der Waals surface area contributed by atoms with E-state index in [9.17, 15) is 9.59 Å². The fraction of sp³-hybridized carbons (Fsp3) is 0.690. The lowest BCUT2D eigenvalue weighted by Crippen LogP contribution is -2.42. The second-order valence-electron chi connectivity index (χ2n) is 12.1. The third kappa shape index (κ3) is 4.83. The molecule has 1 atom stereocenters. The van der Waals surface area contributed by atoms with Gasteiger partial charge in [0.1, 0.15) is 5.52 Å². The van der Waals surface area contributed by atoms with Crippen molar-refractivity contribution < 1.29 is 14.0 Å². The van der Waals surface area contributed by atoms with Crippen LogP contribution in [0.5, 0.6) is 0 Å². The van der Waals surface area contributed by atoms with Gasteiger partial charge in [-0.1, -0.05) is 12.1 Å². The lowest BCUT2D eigenvalue weighted by molar-refractivity contribution is -0.134. The zero-order chi connectivity index (χ0) is 25.6. The van der Waals surface area contributed by atoms with Gasteiger partial charge in [-0.3, -0.25) is 19.6 Å². The van der Waals surface area contributed by atoms with Gasteiger partial charge in [-0.2, -0.15) is 5.10 Å². The SMILES string of the molecule is Cn1nc(C2CCC(=O)NC2=O)c2ccc(C3CCN(CC4CCC5(CCNCC5)CC4)CC3)c(F)c21. The van der Waals surface area contributed by atoms with Crippen LogP contribution >= 0.6 is 0 Å². The van der Waals surface area contributed by atoms with Crippen LogP contribution in [0.25, 0.3) is 10.9 Å². The summed E-state index contributed by atoms with van der Waals surface area (Å²) in [6.45, 7) is 5.63. The molecule has 3 aliphatic heterocycles. The predicted octanol–water partition coefficient (Wildman–Crippen LogP) is 3.97. The molecule has 2 amide bonds. The molecule has 1 aliphatic carbocycles. The van der Waals surface area contributed by atoms with E-state index in [1.807, 2.05) is 12.1 Å². The number of halogens is 1. The Morgan fingerprint density at radius 1 is 1.03 bits per heavy atom. The van der Waals surface area contributed by atoms with Crippen LogP contribution in [0.4, 0.5) is 4.39 Å². The summed E-state index contributed by atoms with van der Waals surface area (Å²) in [7, 11) is 1.74. The van der Waals surface area contributed by atoms with Gasteiger partial charge < -0.3 is 10.2 Å². The first-order chi connectivity index (χ1) is 17.9. The number of aryl methyl sites for hydroxylation is 1. The molecule has 2 aromatic rings. The summed E-state index contributed by atoms with van der Waals surface area (Å²) in [5, 5.41) is 11.1. The van der Waals surface area contributed by atoms with Crippen molar-refractivity contribution >= 4 is 22.7 Å². The molecule has 4 fully saturated rings. The number of likely N-dealkylation sites (tertiary alicyclic amines) is 1. The average Bonchev–Trinajstić information content (AvgIpc) is 3.24. The Labute approximate surface area is 218 Å². The third-order valence-corrected chi connectivity index (χ3v) is 9.95. The Bertz CT molecular complexity index is 1170. The molecule has 0 bridgehead atoms. The number of imide groups is 1. The molecule has 0 radical (unpaired) electrons. The number of carbonyl (C=O) groups is 2. The van der Waals surface area contributed by atoms with Crippen LogP contribution in [0.15, 0.2) is 12.1 Å². The number of hydrogen-bond donors (Lipinski definition) is 2. The van der Waals surface area contributed by atoms with Gasteiger partial charge in [0.05, 0.1) is 11.6 Å². The normalized spacial score (nSPS) is 26.2. The standard InChI is InChI=1S/C29H40FN5O2/c1-34-27-22(26(33-34)23-4-5-24(36)32-28(23)37)3-2-21(25(27)30)20-8-16-35(17-9-20)18-19-6-10-29(11-7-19)12-14-31-15-13-29/h2-3,19-20,23,31H,4-18H2,1H3,(H,32,36,37). The molecule has 37 heavy (non-hydrogen) atoms. The fourth-order valence-electron chi connectivity index (χ4n) is 7.62. The minimum atomic E-state index is -0.515. The van der Waals surface area contributed by atoms with Crippen molar-refractivity contribution in [3.05, 3.63) is 29.2 Å². The number of piperidine rings is 3. The molecule has 3 saturated heterocycles. The van der Waals surface area contributed by atoms with E-state index in [0.29, 0.717) is 28.4 Å². The molecule has 2 N–H and O–H groups in total. The van der Waals surface area contributed by atoms with Crippen molar-refractivity contribution in [3.8, 4) is 0 Å². The molecular formula is C29H40FN5O2. The molecule has 1 unspecified atom stereocenters. The van der Waals surface area contributed by atoms with E-state index in [1.54, 1.807) is 11.7 Å². The van der Waals surface area contributed by atoms with Crippen LogP contribution in [0.3, 0.4) is 0 Å². The van der Waals surface area contributed by atoms with Crippen LogP contribution in [-0.2, 0) is 16.6 Å². The number of carbonyl (C=O) groups excluding carboxylic acids is 2. The van der Waals surface area contributed by atoms with Crippen LogP contribution in [0.1, 0.15) is 87.3 Å². The Morgan fingerprint density at radius 2 is 1.76 bits per heavy atom. The van der Waals surface area contributed by atoms with Crippen LogP contribution in [0, 0.1) is 17.2 Å². The monoisotopic (exact) mass is 509 g/mol. The molecule has 200 valence electrons. The first-order valence-electron chi connectivity index (χ1n) is 14.3. The molecule has 1 aromatic carbocycles. The molecular weight excluding hydrogens is 469 g/mol. The van der Waals surface area contributed by atoms with Gasteiger partial charge in [-0.05, 0) is 107 Å². The van der Waals surface area contributed by atoms with Crippen molar-refractivity contribution in [2.45, 2.75) is 76.0 Å². The van der Waals surface area contributed by atoms with Crippen molar-refractivity contribution in [3.63, 3.8) is 0 Å². The largest absolute Gasteiger partial charge is 0.317 e. The molecule has 1 saturated carbocycles. The molecule has 1 spiro atoms. The van der Waals surface area contributed by atoms with E-state index in [0.717, 1.165) is 37.4 Å². The molecule has 6 rings (SSSR count). The van der Waals surface area contributed by atoms with E-state index in [1.165, 1.54) is 58.2 Å². The van der Waals surface area contributed by atoms with Gasteiger partial charge in [0, 0.05) is 25.4 Å². The minimum Gasteiger partial charge on any atom is -0.317 e. The second-order valence-corrected chi connectivity index (χ2v) is 12.1. The van der Waals surface area contributed by atoms with Gasteiger partial charge in [-0.25, -0.2) is 4.39 Å². The summed E-state index contributed by atoms with van der Waals surface area (Å²) in [6.07, 6.45) is 10.9. The first-order valence-corrected chi connectivity index (χ1v) is 14.3. The van der Waals surface area contributed by atoms with Gasteiger partial charge in [0.25, 0.3) is 0 Å². The summed E-state index contributed by atoms with van der Waals surface area (Å²) in [5.41, 5.74) is 2.43. The first kappa shape index (κ1) is 25.0. The molecule has 4 heterocycles. The topological polar surface area (TPSA) is 79.3 Å². The van der Waals surface area contributed by atoms with E-state index in [4.69, 9.17) is 0 Å². The summed E-state index contributed by atoms with van der Waals surface area (Å²) in [5.74, 6) is -0.292. The zero-order valence-corrected chi connectivity index (χ0v) is 22.0. The van der Waals surface area contributed by atoms with Crippen LogP contribution < -0.4 is 10.6 Å². The zero-order valence-electron chi connectivity index (χ0n) is 22.0. The van der Waals surface area contributed by atoms with E-state index < -0.39 is 5.92 Å². The number of nitrogens with one attached hydrogen (secondary N) is 2. The highest BCUT2D eigenvalue weighted by Crippen LogP contribution is 2.45. The number of amides is 2. The highest BCUT2D eigenvalue weighted by molar-refractivity contribution is 6.02. The number of benzene rings is 1.